The van der Waals surface area contributed by atoms with Crippen molar-refractivity contribution >= 4 is 17.4 Å². The van der Waals surface area contributed by atoms with Gasteiger partial charge in [-0.1, -0.05) is 20.8 Å². The number of nitrogens with one attached hydrogen (secondary N) is 1. The first-order valence-electron chi connectivity index (χ1n) is 13.1. The van der Waals surface area contributed by atoms with Crippen LogP contribution in [-0.2, 0) is 28.4 Å². The van der Waals surface area contributed by atoms with Crippen LogP contribution in [0.3, 0.4) is 0 Å². The summed E-state index contributed by atoms with van der Waals surface area (Å²) in [6.45, 7) is 8.27. The number of sulfone groups is 1. The lowest BCUT2D eigenvalue weighted by molar-refractivity contribution is -0.207. The molecule has 244 valence electrons. The zero-order valence-corrected chi connectivity index (χ0v) is 25.0. The first-order chi connectivity index (χ1) is 19.5. The summed E-state index contributed by atoms with van der Waals surface area (Å²) in [5, 5.41) is 58.9. The van der Waals surface area contributed by atoms with E-state index in [1.807, 2.05) is 4.98 Å². The van der Waals surface area contributed by atoms with Crippen molar-refractivity contribution in [2.45, 2.75) is 75.2 Å². The van der Waals surface area contributed by atoms with Crippen LogP contribution in [0.5, 0.6) is 0 Å². The second-order valence-electron chi connectivity index (χ2n) is 9.61. The molecule has 2 aliphatic rings. The number of H-pyrrole nitrogens is 1. The van der Waals surface area contributed by atoms with Gasteiger partial charge in [-0.15, -0.1) is 0 Å². The van der Waals surface area contributed by atoms with Crippen molar-refractivity contribution in [3.63, 3.8) is 0 Å². The Morgan fingerprint density at radius 3 is 2.02 bits per heavy atom. The summed E-state index contributed by atoms with van der Waals surface area (Å²) < 4.78 is 53.2. The number of hydrogen-bond acceptors (Lipinski definition) is 15. The van der Waals surface area contributed by atoms with Crippen LogP contribution in [0.2, 0.25) is 0 Å². The molecule has 0 radical (unpaired) electrons. The first-order valence-corrected chi connectivity index (χ1v) is 16.5. The Morgan fingerprint density at radius 1 is 0.952 bits per heavy atom. The molecule has 0 aliphatic carbocycles. The third-order valence-corrected chi connectivity index (χ3v) is 11.2. The summed E-state index contributed by atoms with van der Waals surface area (Å²) in [6.07, 6.45) is -13.2. The van der Waals surface area contributed by atoms with E-state index >= 15 is 0 Å². The molecule has 2 saturated heterocycles. The van der Waals surface area contributed by atoms with Crippen molar-refractivity contribution in [2.24, 2.45) is 0 Å². The number of aliphatic hydroxyl groups is 6. The van der Waals surface area contributed by atoms with Crippen LogP contribution in [0.15, 0.2) is 21.9 Å². The van der Waals surface area contributed by atoms with Gasteiger partial charge in [-0.05, 0) is 19.6 Å². The van der Waals surface area contributed by atoms with Gasteiger partial charge >= 0.3 is 13.3 Å². The number of aliphatic hydroxyl groups excluding tert-OH is 6. The van der Waals surface area contributed by atoms with E-state index in [0.717, 1.165) is 16.8 Å². The van der Waals surface area contributed by atoms with Gasteiger partial charge in [0.25, 0.3) is 5.56 Å². The summed E-state index contributed by atoms with van der Waals surface area (Å²) in [7, 11) is -9.90. The van der Waals surface area contributed by atoms with E-state index in [1.54, 1.807) is 0 Å². The zero-order valence-electron chi connectivity index (χ0n) is 23.2. The molecule has 20 heteroatoms. The minimum absolute atomic E-state index is 0.735. The minimum Gasteiger partial charge on any atom is -0.394 e. The van der Waals surface area contributed by atoms with Crippen LogP contribution < -0.4 is 11.2 Å². The molecular weight excluding hydrogens is 609 g/mol. The van der Waals surface area contributed by atoms with Gasteiger partial charge in [-0.25, -0.2) is 13.2 Å². The lowest BCUT2D eigenvalue weighted by Crippen LogP contribution is -2.60. The Bertz CT molecular complexity index is 1260. The van der Waals surface area contributed by atoms with Crippen LogP contribution in [0, 0.1) is 0 Å². The molecular formula is C22H40N3O15PS. The first kappa shape index (κ1) is 36.6. The number of hydrogen-bond donors (Lipinski definition) is 8. The van der Waals surface area contributed by atoms with Crippen LogP contribution in [0.1, 0.15) is 27.0 Å². The summed E-state index contributed by atoms with van der Waals surface area (Å²) >= 11 is 0. The Kier molecular flexibility index (Phi) is 13.4. The summed E-state index contributed by atoms with van der Waals surface area (Å²) in [5.74, 6) is 0. The Labute approximate surface area is 241 Å². The van der Waals surface area contributed by atoms with Gasteiger partial charge in [0.2, 0.25) is 0 Å². The van der Waals surface area contributed by atoms with Crippen LogP contribution >= 0.6 is 7.60 Å². The number of aromatic nitrogens is 2. The lowest BCUT2D eigenvalue weighted by atomic mass is 10.0. The molecule has 0 saturated carbocycles. The van der Waals surface area contributed by atoms with Gasteiger partial charge < -0.3 is 54.4 Å². The molecule has 0 amide bonds. The van der Waals surface area contributed by atoms with Crippen molar-refractivity contribution in [3.05, 3.63) is 33.1 Å². The minimum atomic E-state index is -5.05. The second kappa shape index (κ2) is 15.4. The molecule has 3 heterocycles. The fourth-order valence-corrected chi connectivity index (χ4v) is 8.27. The molecule has 0 bridgehead atoms. The van der Waals surface area contributed by atoms with Gasteiger partial charge in [0.1, 0.15) is 42.7 Å². The van der Waals surface area contributed by atoms with Gasteiger partial charge in [0.05, 0.1) is 13.2 Å². The average Bonchev–Trinajstić information content (AvgIpc) is 3.20. The predicted octanol–water partition coefficient (Wildman–Crippen LogP) is -4.12. The maximum atomic E-state index is 12.6. The zero-order chi connectivity index (χ0) is 32.0. The van der Waals surface area contributed by atoms with Crippen molar-refractivity contribution in [1.29, 1.82) is 0 Å². The van der Waals surface area contributed by atoms with Gasteiger partial charge in [-0.2, -0.15) is 0 Å². The molecule has 1 unspecified atom stereocenters. The highest BCUT2D eigenvalue weighted by Crippen LogP contribution is 2.46. The van der Waals surface area contributed by atoms with E-state index in [0.29, 0.717) is 0 Å². The fourth-order valence-electron chi connectivity index (χ4n) is 4.29. The Balaban J connectivity index is 0.000000782. The number of rotatable bonds is 11. The summed E-state index contributed by atoms with van der Waals surface area (Å²) in [4.78, 5) is 37.4. The maximum absolute atomic E-state index is 12.6. The molecule has 18 nitrogen and oxygen atoms in total. The fraction of sp³-hybridized carbons (Fsp3) is 0.818. The van der Waals surface area contributed by atoms with Crippen molar-refractivity contribution < 1.29 is 62.5 Å². The smallest absolute Gasteiger partial charge is 0.343 e. The highest BCUT2D eigenvalue weighted by molar-refractivity contribution is 7.97. The number of nitrogens with zero attached hydrogens (tertiary/aromatic N) is 2. The van der Waals surface area contributed by atoms with E-state index in [1.165, 1.54) is 19.6 Å². The van der Waals surface area contributed by atoms with Gasteiger partial charge in [0, 0.05) is 12.3 Å². The summed E-state index contributed by atoms with van der Waals surface area (Å²) in [5.41, 5.74) is -5.62. The van der Waals surface area contributed by atoms with E-state index in [2.05, 4.69) is 25.7 Å². The molecule has 42 heavy (non-hydrogen) atoms. The summed E-state index contributed by atoms with van der Waals surface area (Å²) in [6, 6.07) is 0.944. The Hall–Kier alpha value is -1.58. The predicted molar refractivity (Wildman–Crippen MR) is 144 cm³/mol. The van der Waals surface area contributed by atoms with Crippen molar-refractivity contribution in [2.75, 3.05) is 38.3 Å². The molecule has 0 aromatic carbocycles. The molecule has 1 aromatic rings. The van der Waals surface area contributed by atoms with E-state index in [9.17, 15) is 53.0 Å². The number of aromatic amines is 1. The second-order valence-corrected chi connectivity index (χ2v) is 14.0. The standard InChI is InChI=1S/C16H25N2O15PS.C6H15N/c19-3-6-9(21)11(23)13(25)15(33-6)35(29,30)5-34(27,28)31-4-7-10(22)12(24)14(32-7)18-2-1-8(20)17-16(18)26;1-4-7(5-2)6-3/h1-2,6-7,9-15,19,21-25H,3-5H2,(H,27,28)(H,17,20,26);4-6H2,1-3H3/t6-,7-,9-,10-,11+,12-,13-,14-,15+;/m1./s1. The van der Waals surface area contributed by atoms with Crippen LogP contribution in [0.25, 0.3) is 0 Å². The normalized spacial score (nSPS) is 33.2. The maximum Gasteiger partial charge on any atom is 0.343 e. The van der Waals surface area contributed by atoms with Crippen LogP contribution in [0.4, 0.5) is 0 Å². The quantitative estimate of drug-likeness (QED) is 0.106. The largest absolute Gasteiger partial charge is 0.394 e. The monoisotopic (exact) mass is 649 g/mol. The van der Waals surface area contributed by atoms with E-state index in [4.69, 9.17) is 19.1 Å². The van der Waals surface area contributed by atoms with E-state index < -0.39 is 102 Å². The van der Waals surface area contributed by atoms with Crippen molar-refractivity contribution in [3.8, 4) is 0 Å². The highest BCUT2D eigenvalue weighted by Gasteiger charge is 2.51. The highest BCUT2D eigenvalue weighted by atomic mass is 32.2. The molecule has 2 aliphatic heterocycles. The molecule has 8 N–H and O–H groups in total. The SMILES string of the molecule is CCN(CC)CC.O=c1ccn([C@@H]2O[C@H](COP(=O)(O)CS(=O)(=O)[C@@H]3O[C@H](CO)[C@@H](O)[C@H](O)[C@H]3O)[C@@H](O)[C@H]2O)c(=O)[nH]1. The topological polar surface area (TPSA) is 279 Å². The van der Waals surface area contributed by atoms with Crippen molar-refractivity contribution in [1.82, 2.24) is 14.5 Å². The molecule has 3 rings (SSSR count). The number of ether oxygens (including phenoxy) is 2. The lowest BCUT2D eigenvalue weighted by Gasteiger charge is -2.39. The molecule has 1 aromatic heterocycles. The Morgan fingerprint density at radius 2 is 1.52 bits per heavy atom. The molecule has 2 fully saturated rings. The molecule has 0 spiro atoms. The molecule has 10 atom stereocenters. The van der Waals surface area contributed by atoms with Crippen LogP contribution in [-0.4, -0.2) is 145 Å². The third-order valence-electron chi connectivity index (χ3n) is 6.79. The van der Waals surface area contributed by atoms with Gasteiger partial charge in [0.15, 0.2) is 27.0 Å². The third kappa shape index (κ3) is 8.98. The van der Waals surface area contributed by atoms with Gasteiger partial charge in [-0.3, -0.25) is 18.9 Å². The van der Waals surface area contributed by atoms with E-state index in [-0.39, 0.29) is 0 Å². The average molecular weight is 650 g/mol.